The zero-order valence-electron chi connectivity index (χ0n) is 10.6. The maximum absolute atomic E-state index is 9.88. The first-order chi connectivity index (χ1) is 7.87. The molecule has 0 amide bonds. The Morgan fingerprint density at radius 3 is 2.47 bits per heavy atom. The Labute approximate surface area is 108 Å². The lowest BCUT2D eigenvalue weighted by molar-refractivity contribution is 0.0875. The number of anilines is 1. The Hall–Kier alpha value is -0.770. The van der Waals surface area contributed by atoms with Crippen molar-refractivity contribution < 1.29 is 10.2 Å². The second-order valence-electron chi connectivity index (χ2n) is 4.76. The predicted molar refractivity (Wildman–Crippen MR) is 71.6 cm³/mol. The molecule has 0 bridgehead atoms. The molecule has 1 aromatic rings. The molecule has 0 heterocycles. The third kappa shape index (κ3) is 4.19. The first-order valence-corrected chi connectivity index (χ1v) is 6.12. The van der Waals surface area contributed by atoms with Crippen molar-refractivity contribution in [3.63, 3.8) is 0 Å². The van der Waals surface area contributed by atoms with E-state index in [2.05, 4.69) is 0 Å². The maximum atomic E-state index is 9.88. The molecule has 0 saturated heterocycles. The molecule has 1 aromatic carbocycles. The smallest absolute Gasteiger partial charge is 0.0765 e. The van der Waals surface area contributed by atoms with Crippen LogP contribution in [0.15, 0.2) is 18.2 Å². The average molecular weight is 258 g/mol. The molecule has 96 valence electrons. The van der Waals surface area contributed by atoms with Crippen molar-refractivity contribution >= 4 is 17.3 Å². The summed E-state index contributed by atoms with van der Waals surface area (Å²) >= 11 is 5.98. The minimum atomic E-state index is -0.787. The van der Waals surface area contributed by atoms with Gasteiger partial charge in [0.1, 0.15) is 0 Å². The number of aliphatic hydroxyl groups is 2. The van der Waals surface area contributed by atoms with Gasteiger partial charge in [-0.15, -0.1) is 0 Å². The van der Waals surface area contributed by atoms with Gasteiger partial charge in [0.25, 0.3) is 0 Å². The van der Waals surface area contributed by atoms with Gasteiger partial charge in [0.05, 0.1) is 12.2 Å². The van der Waals surface area contributed by atoms with Crippen molar-refractivity contribution in [3.05, 3.63) is 28.8 Å². The van der Waals surface area contributed by atoms with Gasteiger partial charge < -0.3 is 15.1 Å². The fourth-order valence-corrected chi connectivity index (χ4v) is 1.97. The van der Waals surface area contributed by atoms with E-state index in [0.29, 0.717) is 11.6 Å². The quantitative estimate of drug-likeness (QED) is 0.852. The predicted octanol–water partition coefficient (Wildman–Crippen LogP) is 2.43. The number of likely N-dealkylation sites (N-methyl/N-ethyl adjacent to an activating group) is 1. The Morgan fingerprint density at radius 2 is 2.00 bits per heavy atom. The lowest BCUT2D eigenvalue weighted by Gasteiger charge is -2.31. The highest BCUT2D eigenvalue weighted by Crippen LogP contribution is 2.26. The Bertz CT molecular complexity index is 374. The highest BCUT2D eigenvalue weighted by Gasteiger charge is 2.19. The van der Waals surface area contributed by atoms with Crippen LogP contribution in [0.4, 0.5) is 5.69 Å². The molecular formula is C13H20ClNO2. The molecule has 4 heteroatoms. The lowest BCUT2D eigenvalue weighted by atomic mass is 10.1. The first kappa shape index (κ1) is 14.3. The molecule has 1 rings (SSSR count). The van der Waals surface area contributed by atoms with Crippen LogP contribution in [0.1, 0.15) is 26.3 Å². The Balaban J connectivity index is 3.06. The molecule has 2 N–H and O–H groups in total. The van der Waals surface area contributed by atoms with Crippen molar-refractivity contribution in [3.8, 4) is 0 Å². The van der Waals surface area contributed by atoms with E-state index in [1.807, 2.05) is 24.0 Å². The molecule has 0 unspecified atom stereocenters. The zero-order chi connectivity index (χ0) is 13.1. The third-order valence-corrected chi connectivity index (χ3v) is 2.75. The standard InChI is InChI=1S/C13H20ClNO2/c1-4-15(9-13(2,3)17)12-7-11(14)6-5-10(12)8-16/h5-7,16-17H,4,8-9H2,1-3H3. The van der Waals surface area contributed by atoms with Crippen LogP contribution in [0.5, 0.6) is 0 Å². The van der Waals surface area contributed by atoms with Gasteiger partial charge in [-0.05, 0) is 32.9 Å². The zero-order valence-corrected chi connectivity index (χ0v) is 11.3. The van der Waals surface area contributed by atoms with E-state index in [9.17, 15) is 10.2 Å². The summed E-state index contributed by atoms with van der Waals surface area (Å²) in [6, 6.07) is 5.39. The summed E-state index contributed by atoms with van der Waals surface area (Å²) in [5.74, 6) is 0. The van der Waals surface area contributed by atoms with E-state index in [1.165, 1.54) is 0 Å². The maximum Gasteiger partial charge on any atom is 0.0765 e. The van der Waals surface area contributed by atoms with E-state index >= 15 is 0 Å². The van der Waals surface area contributed by atoms with Crippen molar-refractivity contribution in [1.82, 2.24) is 0 Å². The van der Waals surface area contributed by atoms with E-state index < -0.39 is 5.60 Å². The molecule has 0 radical (unpaired) electrons. The highest BCUT2D eigenvalue weighted by molar-refractivity contribution is 6.30. The summed E-state index contributed by atoms with van der Waals surface area (Å²) in [7, 11) is 0. The van der Waals surface area contributed by atoms with Crippen molar-refractivity contribution in [2.24, 2.45) is 0 Å². The van der Waals surface area contributed by atoms with E-state index in [0.717, 1.165) is 17.8 Å². The van der Waals surface area contributed by atoms with Gasteiger partial charge in [0.15, 0.2) is 0 Å². The number of halogens is 1. The molecule has 0 spiro atoms. The van der Waals surface area contributed by atoms with Crippen LogP contribution in [0.2, 0.25) is 5.02 Å². The average Bonchev–Trinajstić information content (AvgIpc) is 2.24. The van der Waals surface area contributed by atoms with Gasteiger partial charge in [-0.1, -0.05) is 17.7 Å². The Kier molecular flexibility index (Phi) is 4.80. The number of benzene rings is 1. The molecule has 0 saturated carbocycles. The molecule has 3 nitrogen and oxygen atoms in total. The fraction of sp³-hybridized carbons (Fsp3) is 0.538. The molecule has 0 aliphatic carbocycles. The lowest BCUT2D eigenvalue weighted by Crippen LogP contribution is -2.39. The second kappa shape index (κ2) is 5.71. The second-order valence-corrected chi connectivity index (χ2v) is 5.19. The number of nitrogens with zero attached hydrogens (tertiary/aromatic N) is 1. The van der Waals surface area contributed by atoms with E-state index in [-0.39, 0.29) is 6.61 Å². The number of aliphatic hydroxyl groups excluding tert-OH is 1. The summed E-state index contributed by atoms with van der Waals surface area (Å²) in [4.78, 5) is 2.01. The topological polar surface area (TPSA) is 43.7 Å². The first-order valence-electron chi connectivity index (χ1n) is 5.74. The largest absolute Gasteiger partial charge is 0.392 e. The molecule has 0 atom stereocenters. The monoisotopic (exact) mass is 257 g/mol. The summed E-state index contributed by atoms with van der Waals surface area (Å²) in [5, 5.41) is 19.8. The molecule has 0 aliphatic heterocycles. The molecule has 0 aromatic heterocycles. The van der Waals surface area contributed by atoms with Crippen LogP contribution in [0.25, 0.3) is 0 Å². The minimum absolute atomic E-state index is 0.0329. The van der Waals surface area contributed by atoms with Crippen LogP contribution in [0, 0.1) is 0 Å². The van der Waals surface area contributed by atoms with Gasteiger partial charge in [-0.3, -0.25) is 0 Å². The van der Waals surface area contributed by atoms with Crippen LogP contribution >= 0.6 is 11.6 Å². The SMILES string of the molecule is CCN(CC(C)(C)O)c1cc(Cl)ccc1CO. The van der Waals surface area contributed by atoms with E-state index in [1.54, 1.807) is 19.9 Å². The van der Waals surface area contributed by atoms with Gasteiger partial charge in [-0.2, -0.15) is 0 Å². The number of rotatable bonds is 5. The molecule has 0 fully saturated rings. The third-order valence-electron chi connectivity index (χ3n) is 2.52. The number of hydrogen-bond acceptors (Lipinski definition) is 3. The summed E-state index contributed by atoms with van der Waals surface area (Å²) in [5.41, 5.74) is 0.913. The molecule has 17 heavy (non-hydrogen) atoms. The molecular weight excluding hydrogens is 238 g/mol. The minimum Gasteiger partial charge on any atom is -0.392 e. The summed E-state index contributed by atoms with van der Waals surface area (Å²) < 4.78 is 0. The van der Waals surface area contributed by atoms with Gasteiger partial charge in [-0.25, -0.2) is 0 Å². The van der Waals surface area contributed by atoms with Crippen LogP contribution < -0.4 is 4.90 Å². The Morgan fingerprint density at radius 1 is 1.35 bits per heavy atom. The van der Waals surface area contributed by atoms with Crippen LogP contribution in [-0.4, -0.2) is 28.9 Å². The van der Waals surface area contributed by atoms with Crippen molar-refractivity contribution in [2.75, 3.05) is 18.0 Å². The fourth-order valence-electron chi connectivity index (χ4n) is 1.80. The highest BCUT2D eigenvalue weighted by atomic mass is 35.5. The number of hydrogen-bond donors (Lipinski definition) is 2. The van der Waals surface area contributed by atoms with Crippen molar-refractivity contribution in [2.45, 2.75) is 33.0 Å². The van der Waals surface area contributed by atoms with E-state index in [4.69, 9.17) is 11.6 Å². The summed E-state index contributed by atoms with van der Waals surface area (Å²) in [6.07, 6.45) is 0. The van der Waals surface area contributed by atoms with Gasteiger partial charge in [0.2, 0.25) is 0 Å². The van der Waals surface area contributed by atoms with Gasteiger partial charge in [0, 0.05) is 29.4 Å². The van der Waals surface area contributed by atoms with Crippen LogP contribution in [0.3, 0.4) is 0 Å². The normalized spacial score (nSPS) is 11.6. The molecule has 0 aliphatic rings. The summed E-state index contributed by atoms with van der Waals surface area (Å²) in [6.45, 7) is 6.74. The van der Waals surface area contributed by atoms with Crippen molar-refractivity contribution in [1.29, 1.82) is 0 Å². The van der Waals surface area contributed by atoms with Gasteiger partial charge >= 0.3 is 0 Å². The van der Waals surface area contributed by atoms with Crippen LogP contribution in [-0.2, 0) is 6.61 Å².